The summed E-state index contributed by atoms with van der Waals surface area (Å²) in [7, 11) is 0. The predicted octanol–water partition coefficient (Wildman–Crippen LogP) is 3.21. The summed E-state index contributed by atoms with van der Waals surface area (Å²) in [6, 6.07) is 8.40. The van der Waals surface area contributed by atoms with Gasteiger partial charge in [0, 0.05) is 29.7 Å². The second kappa shape index (κ2) is 6.39. The minimum absolute atomic E-state index is 0.173. The highest BCUT2D eigenvalue weighted by molar-refractivity contribution is 6.30. The fraction of sp³-hybridized carbons (Fsp3) is 0.571. The molecule has 17 heavy (non-hydrogen) atoms. The van der Waals surface area contributed by atoms with Gasteiger partial charge in [-0.15, -0.1) is 0 Å². The van der Waals surface area contributed by atoms with E-state index < -0.39 is 0 Å². The van der Waals surface area contributed by atoms with Crippen molar-refractivity contribution in [3.8, 4) is 0 Å². The molecule has 1 atom stereocenters. The third kappa shape index (κ3) is 6.67. The lowest BCUT2D eigenvalue weighted by Gasteiger charge is -2.24. The maximum absolute atomic E-state index is 5.94. The molecule has 0 aromatic heterocycles. The van der Waals surface area contributed by atoms with Crippen molar-refractivity contribution in [2.75, 3.05) is 6.54 Å². The van der Waals surface area contributed by atoms with E-state index >= 15 is 0 Å². The van der Waals surface area contributed by atoms with Crippen LogP contribution in [0, 0.1) is 0 Å². The summed E-state index contributed by atoms with van der Waals surface area (Å²) in [5.74, 6) is 0. The van der Waals surface area contributed by atoms with Gasteiger partial charge in [0.2, 0.25) is 0 Å². The Kier molecular flexibility index (Phi) is 5.44. The Hall–Kier alpha value is -0.570. The smallest absolute Gasteiger partial charge is 0.0409 e. The van der Waals surface area contributed by atoms with Crippen LogP contribution >= 0.6 is 11.6 Å². The fourth-order valence-corrected chi connectivity index (χ4v) is 1.68. The van der Waals surface area contributed by atoms with Crippen LogP contribution in [0.1, 0.15) is 33.3 Å². The lowest BCUT2D eigenvalue weighted by molar-refractivity contribution is 0.387. The normalized spacial score (nSPS) is 13.7. The van der Waals surface area contributed by atoms with Gasteiger partial charge in [-0.1, -0.05) is 23.7 Å². The molecule has 2 N–H and O–H groups in total. The van der Waals surface area contributed by atoms with Crippen LogP contribution in [0.3, 0.4) is 0 Å². The zero-order chi connectivity index (χ0) is 12.9. The minimum atomic E-state index is 0.173. The van der Waals surface area contributed by atoms with Gasteiger partial charge in [-0.2, -0.15) is 0 Å². The molecule has 0 aliphatic carbocycles. The molecule has 1 unspecified atom stereocenters. The quantitative estimate of drug-likeness (QED) is 0.843. The largest absolute Gasteiger partial charge is 0.311 e. The Balaban J connectivity index is 2.31. The highest BCUT2D eigenvalue weighted by Crippen LogP contribution is 2.10. The van der Waals surface area contributed by atoms with E-state index in [9.17, 15) is 0 Å². The van der Waals surface area contributed by atoms with E-state index in [2.05, 4.69) is 44.4 Å². The first-order valence-electron chi connectivity index (χ1n) is 6.10. The van der Waals surface area contributed by atoms with Gasteiger partial charge in [0.25, 0.3) is 0 Å². The molecule has 1 rings (SSSR count). The molecule has 0 bridgehead atoms. The standard InChI is InChI=1S/C14H23ClN2/c1-11(9-17-14(2,3)4)16-10-12-6-5-7-13(15)8-12/h5-8,11,16-17H,9-10H2,1-4H3. The predicted molar refractivity (Wildman–Crippen MR) is 75.5 cm³/mol. The number of nitrogens with one attached hydrogen (secondary N) is 2. The number of rotatable bonds is 5. The van der Waals surface area contributed by atoms with Crippen molar-refractivity contribution in [1.29, 1.82) is 0 Å². The van der Waals surface area contributed by atoms with E-state index in [4.69, 9.17) is 11.6 Å². The van der Waals surface area contributed by atoms with Crippen LogP contribution in [0.15, 0.2) is 24.3 Å². The average Bonchev–Trinajstić information content (AvgIpc) is 2.23. The van der Waals surface area contributed by atoms with Crippen molar-refractivity contribution < 1.29 is 0 Å². The summed E-state index contributed by atoms with van der Waals surface area (Å²) in [6.07, 6.45) is 0. The molecule has 0 aliphatic rings. The average molecular weight is 255 g/mol. The van der Waals surface area contributed by atoms with Crippen molar-refractivity contribution in [1.82, 2.24) is 10.6 Å². The second-order valence-corrected chi connectivity index (χ2v) is 5.98. The van der Waals surface area contributed by atoms with Crippen LogP contribution in [0.25, 0.3) is 0 Å². The molecular formula is C14H23ClN2. The maximum atomic E-state index is 5.94. The molecule has 0 saturated heterocycles. The molecule has 2 nitrogen and oxygen atoms in total. The van der Waals surface area contributed by atoms with Crippen molar-refractivity contribution in [2.24, 2.45) is 0 Å². The molecule has 0 spiro atoms. The molecule has 0 aliphatic heterocycles. The molecule has 0 amide bonds. The van der Waals surface area contributed by atoms with Crippen LogP contribution in [0.5, 0.6) is 0 Å². The lowest BCUT2D eigenvalue weighted by atomic mass is 10.1. The lowest BCUT2D eigenvalue weighted by Crippen LogP contribution is -2.44. The molecule has 0 saturated carbocycles. The van der Waals surface area contributed by atoms with Crippen molar-refractivity contribution >= 4 is 11.6 Å². The summed E-state index contributed by atoms with van der Waals surface area (Å²) in [6.45, 7) is 10.5. The van der Waals surface area contributed by atoms with E-state index in [1.54, 1.807) is 0 Å². The Morgan fingerprint density at radius 3 is 2.59 bits per heavy atom. The van der Waals surface area contributed by atoms with Gasteiger partial charge in [-0.3, -0.25) is 0 Å². The minimum Gasteiger partial charge on any atom is -0.311 e. The van der Waals surface area contributed by atoms with Gasteiger partial charge < -0.3 is 10.6 Å². The zero-order valence-electron chi connectivity index (χ0n) is 11.2. The molecule has 0 radical (unpaired) electrons. The Morgan fingerprint density at radius 1 is 1.29 bits per heavy atom. The van der Waals surface area contributed by atoms with Gasteiger partial charge in [-0.05, 0) is 45.4 Å². The van der Waals surface area contributed by atoms with Crippen molar-refractivity contribution in [3.05, 3.63) is 34.9 Å². The first-order chi connectivity index (χ1) is 7.87. The molecule has 0 fully saturated rings. The molecule has 1 aromatic carbocycles. The third-order valence-electron chi connectivity index (χ3n) is 2.48. The van der Waals surface area contributed by atoms with Gasteiger partial charge in [0.05, 0.1) is 0 Å². The van der Waals surface area contributed by atoms with Gasteiger partial charge in [0.15, 0.2) is 0 Å². The molecule has 1 aromatic rings. The zero-order valence-corrected chi connectivity index (χ0v) is 11.9. The Morgan fingerprint density at radius 2 is 2.00 bits per heavy atom. The second-order valence-electron chi connectivity index (χ2n) is 5.54. The number of halogens is 1. The molecule has 0 heterocycles. The van der Waals surface area contributed by atoms with Gasteiger partial charge in [-0.25, -0.2) is 0 Å². The van der Waals surface area contributed by atoms with Crippen LogP contribution in [0.4, 0.5) is 0 Å². The maximum Gasteiger partial charge on any atom is 0.0409 e. The monoisotopic (exact) mass is 254 g/mol. The number of hydrogen-bond acceptors (Lipinski definition) is 2. The summed E-state index contributed by atoms with van der Waals surface area (Å²) >= 11 is 5.94. The number of benzene rings is 1. The Bertz CT molecular complexity index is 344. The summed E-state index contributed by atoms with van der Waals surface area (Å²) in [5.41, 5.74) is 1.39. The van der Waals surface area contributed by atoms with Crippen LogP contribution in [-0.4, -0.2) is 18.1 Å². The van der Waals surface area contributed by atoms with Crippen LogP contribution in [0.2, 0.25) is 5.02 Å². The van der Waals surface area contributed by atoms with E-state index in [1.807, 2.05) is 18.2 Å². The topological polar surface area (TPSA) is 24.1 Å². The van der Waals surface area contributed by atoms with E-state index in [0.29, 0.717) is 6.04 Å². The van der Waals surface area contributed by atoms with Gasteiger partial charge in [0.1, 0.15) is 0 Å². The SMILES string of the molecule is CC(CNC(C)(C)C)NCc1cccc(Cl)c1. The van der Waals surface area contributed by atoms with E-state index in [0.717, 1.165) is 18.1 Å². The molecule has 3 heteroatoms. The highest BCUT2D eigenvalue weighted by Gasteiger charge is 2.10. The Labute approximate surface area is 110 Å². The van der Waals surface area contributed by atoms with E-state index in [-0.39, 0.29) is 5.54 Å². The highest BCUT2D eigenvalue weighted by atomic mass is 35.5. The first kappa shape index (κ1) is 14.5. The van der Waals surface area contributed by atoms with Crippen molar-refractivity contribution in [3.63, 3.8) is 0 Å². The molecular weight excluding hydrogens is 232 g/mol. The summed E-state index contributed by atoms with van der Waals surface area (Å²) in [4.78, 5) is 0. The third-order valence-corrected chi connectivity index (χ3v) is 2.72. The van der Waals surface area contributed by atoms with Crippen LogP contribution in [-0.2, 0) is 6.54 Å². The van der Waals surface area contributed by atoms with E-state index in [1.165, 1.54) is 5.56 Å². The summed E-state index contributed by atoms with van der Waals surface area (Å²) in [5, 5.41) is 7.75. The van der Waals surface area contributed by atoms with Crippen LogP contribution < -0.4 is 10.6 Å². The molecule has 96 valence electrons. The number of hydrogen-bond donors (Lipinski definition) is 2. The fourth-order valence-electron chi connectivity index (χ4n) is 1.47. The van der Waals surface area contributed by atoms with Gasteiger partial charge >= 0.3 is 0 Å². The summed E-state index contributed by atoms with van der Waals surface area (Å²) < 4.78 is 0. The van der Waals surface area contributed by atoms with Crippen molar-refractivity contribution in [2.45, 2.75) is 45.8 Å². The first-order valence-corrected chi connectivity index (χ1v) is 6.47.